The number of nitrogens with two attached hydrogens (primary N) is 1. The first-order chi connectivity index (χ1) is 9.10. The minimum Gasteiger partial charge on any atom is -0.454 e. The number of hydrogen-bond donors (Lipinski definition) is 2. The first-order valence-corrected chi connectivity index (χ1v) is 5.62. The summed E-state index contributed by atoms with van der Waals surface area (Å²) >= 11 is 0. The fourth-order valence-corrected chi connectivity index (χ4v) is 1.53. The predicted molar refractivity (Wildman–Crippen MR) is 70.2 cm³/mol. The number of oxime groups is 1. The second kappa shape index (κ2) is 5.39. The Hall–Kier alpha value is -2.56. The van der Waals surface area contributed by atoms with Gasteiger partial charge in [0.1, 0.15) is 5.75 Å². The predicted octanol–water partition coefficient (Wildman–Crippen LogP) is 3.02. The van der Waals surface area contributed by atoms with Crippen LogP contribution in [0.5, 0.6) is 11.5 Å². The number of nitrogens with zero attached hydrogens (tertiary/aromatic N) is 1. The molecule has 19 heavy (non-hydrogen) atoms. The van der Waals surface area contributed by atoms with Crippen molar-refractivity contribution in [2.24, 2.45) is 10.9 Å². The maximum absolute atomic E-state index is 13.8. The highest BCUT2D eigenvalue weighted by molar-refractivity contribution is 5.97. The van der Waals surface area contributed by atoms with Crippen LogP contribution in [0.3, 0.4) is 0 Å². The Morgan fingerprint density at radius 1 is 1.21 bits per heavy atom. The van der Waals surface area contributed by atoms with Gasteiger partial charge in [-0.25, -0.2) is 4.39 Å². The van der Waals surface area contributed by atoms with Gasteiger partial charge in [0.2, 0.25) is 0 Å². The van der Waals surface area contributed by atoms with E-state index in [0.29, 0.717) is 5.75 Å². The van der Waals surface area contributed by atoms with E-state index < -0.39 is 5.82 Å². The molecule has 0 heterocycles. The molecule has 0 bridgehead atoms. The molecule has 0 fully saturated rings. The number of ether oxygens (including phenoxy) is 1. The molecule has 0 aliphatic carbocycles. The normalized spacial score (nSPS) is 11.4. The second-order valence-electron chi connectivity index (χ2n) is 4.05. The molecule has 5 heteroatoms. The fraction of sp³-hybridized carbons (Fsp3) is 0.0714. The van der Waals surface area contributed by atoms with Gasteiger partial charge in [0, 0.05) is 5.56 Å². The van der Waals surface area contributed by atoms with E-state index in [2.05, 4.69) is 5.16 Å². The summed E-state index contributed by atoms with van der Waals surface area (Å²) in [6, 6.07) is 11.4. The van der Waals surface area contributed by atoms with Crippen LogP contribution in [0.25, 0.3) is 0 Å². The van der Waals surface area contributed by atoms with Crippen molar-refractivity contribution in [1.29, 1.82) is 0 Å². The largest absolute Gasteiger partial charge is 0.454 e. The molecule has 3 N–H and O–H groups in total. The number of hydrogen-bond acceptors (Lipinski definition) is 3. The van der Waals surface area contributed by atoms with E-state index in [1.165, 1.54) is 12.1 Å². The SMILES string of the molecule is Cc1ccc(Oc2ccc(/C(N)=N/O)cc2F)cc1. The maximum atomic E-state index is 13.8. The Kier molecular flexibility index (Phi) is 3.66. The Morgan fingerprint density at radius 2 is 1.89 bits per heavy atom. The molecule has 0 amide bonds. The van der Waals surface area contributed by atoms with Crippen molar-refractivity contribution in [3.05, 3.63) is 59.4 Å². The van der Waals surface area contributed by atoms with Gasteiger partial charge in [-0.1, -0.05) is 22.9 Å². The topological polar surface area (TPSA) is 67.8 Å². The lowest BCUT2D eigenvalue weighted by molar-refractivity contribution is 0.318. The monoisotopic (exact) mass is 260 g/mol. The molecule has 0 aromatic heterocycles. The van der Waals surface area contributed by atoms with E-state index in [1.54, 1.807) is 12.1 Å². The van der Waals surface area contributed by atoms with Crippen molar-refractivity contribution in [3.63, 3.8) is 0 Å². The summed E-state index contributed by atoms with van der Waals surface area (Å²) in [6.07, 6.45) is 0. The highest BCUT2D eigenvalue weighted by Gasteiger charge is 2.08. The van der Waals surface area contributed by atoms with Crippen molar-refractivity contribution in [1.82, 2.24) is 0 Å². The van der Waals surface area contributed by atoms with Gasteiger partial charge in [-0.05, 0) is 37.3 Å². The lowest BCUT2D eigenvalue weighted by Gasteiger charge is -2.08. The van der Waals surface area contributed by atoms with Gasteiger partial charge in [-0.15, -0.1) is 0 Å². The van der Waals surface area contributed by atoms with E-state index in [-0.39, 0.29) is 17.1 Å². The molecule has 4 nitrogen and oxygen atoms in total. The standard InChI is InChI=1S/C14H13FN2O2/c1-9-2-5-11(6-3-9)19-13-7-4-10(8-12(13)15)14(16)17-18/h2-8,18H,1H3,(H2,16,17). The van der Waals surface area contributed by atoms with Crippen molar-refractivity contribution >= 4 is 5.84 Å². The third-order valence-electron chi connectivity index (χ3n) is 2.58. The zero-order valence-corrected chi connectivity index (χ0v) is 10.3. The number of aryl methyl sites for hydroxylation is 1. The van der Waals surface area contributed by atoms with Gasteiger partial charge in [-0.3, -0.25) is 0 Å². The third kappa shape index (κ3) is 3.01. The van der Waals surface area contributed by atoms with Crippen molar-refractivity contribution < 1.29 is 14.3 Å². The van der Waals surface area contributed by atoms with Crippen molar-refractivity contribution in [2.45, 2.75) is 6.92 Å². The molecule has 0 aliphatic heterocycles. The van der Waals surface area contributed by atoms with E-state index in [0.717, 1.165) is 11.6 Å². The quantitative estimate of drug-likeness (QED) is 0.386. The van der Waals surface area contributed by atoms with Crippen LogP contribution in [0.2, 0.25) is 0 Å². The number of rotatable bonds is 3. The van der Waals surface area contributed by atoms with Crippen LogP contribution in [0, 0.1) is 12.7 Å². The highest BCUT2D eigenvalue weighted by Crippen LogP contribution is 2.25. The van der Waals surface area contributed by atoms with Crippen molar-refractivity contribution in [3.8, 4) is 11.5 Å². The average Bonchev–Trinajstić information content (AvgIpc) is 2.42. The molecule has 0 unspecified atom stereocenters. The number of benzene rings is 2. The summed E-state index contributed by atoms with van der Waals surface area (Å²) in [5.74, 6) is -0.107. The van der Waals surface area contributed by atoms with Crippen LogP contribution in [0.15, 0.2) is 47.6 Å². The summed E-state index contributed by atoms with van der Waals surface area (Å²) < 4.78 is 19.2. The molecule has 98 valence electrons. The molecular weight excluding hydrogens is 247 g/mol. The molecular formula is C14H13FN2O2. The van der Waals surface area contributed by atoms with E-state index >= 15 is 0 Å². The summed E-state index contributed by atoms with van der Waals surface area (Å²) in [5, 5.41) is 11.3. The summed E-state index contributed by atoms with van der Waals surface area (Å²) in [7, 11) is 0. The molecule has 2 rings (SSSR count). The van der Waals surface area contributed by atoms with Crippen LogP contribution in [0.4, 0.5) is 4.39 Å². The summed E-state index contributed by atoms with van der Waals surface area (Å²) in [5.41, 5.74) is 6.76. The van der Waals surface area contributed by atoms with Gasteiger partial charge >= 0.3 is 0 Å². The molecule has 0 atom stereocenters. The second-order valence-corrected chi connectivity index (χ2v) is 4.05. The van der Waals surface area contributed by atoms with E-state index in [9.17, 15) is 4.39 Å². The first kappa shape index (κ1) is 12.9. The fourth-order valence-electron chi connectivity index (χ4n) is 1.53. The molecule has 2 aromatic carbocycles. The minimum absolute atomic E-state index is 0.0818. The van der Waals surface area contributed by atoms with Gasteiger partial charge < -0.3 is 15.7 Å². The van der Waals surface area contributed by atoms with E-state index in [4.69, 9.17) is 15.7 Å². The Labute approximate surface area is 109 Å². The summed E-state index contributed by atoms with van der Waals surface area (Å²) in [4.78, 5) is 0. The van der Waals surface area contributed by atoms with Crippen molar-refractivity contribution in [2.75, 3.05) is 0 Å². The molecule has 0 saturated heterocycles. The van der Waals surface area contributed by atoms with Crippen LogP contribution < -0.4 is 10.5 Å². The zero-order chi connectivity index (χ0) is 13.8. The number of amidine groups is 1. The summed E-state index contributed by atoms with van der Waals surface area (Å²) in [6.45, 7) is 1.95. The van der Waals surface area contributed by atoms with Crippen LogP contribution in [-0.4, -0.2) is 11.0 Å². The van der Waals surface area contributed by atoms with Gasteiger partial charge in [0.15, 0.2) is 17.4 Å². The Balaban J connectivity index is 2.24. The average molecular weight is 260 g/mol. The lowest BCUT2D eigenvalue weighted by atomic mass is 10.2. The molecule has 0 spiro atoms. The maximum Gasteiger partial charge on any atom is 0.170 e. The first-order valence-electron chi connectivity index (χ1n) is 5.62. The molecule has 0 saturated carbocycles. The molecule has 0 radical (unpaired) electrons. The third-order valence-corrected chi connectivity index (χ3v) is 2.58. The number of halogens is 1. The van der Waals surface area contributed by atoms with Gasteiger partial charge in [-0.2, -0.15) is 0 Å². The molecule has 0 aliphatic rings. The van der Waals surface area contributed by atoms with Crippen LogP contribution in [0.1, 0.15) is 11.1 Å². The Morgan fingerprint density at radius 3 is 2.47 bits per heavy atom. The van der Waals surface area contributed by atoms with Gasteiger partial charge in [0.25, 0.3) is 0 Å². The van der Waals surface area contributed by atoms with Crippen LogP contribution >= 0.6 is 0 Å². The smallest absolute Gasteiger partial charge is 0.170 e. The van der Waals surface area contributed by atoms with Gasteiger partial charge in [0.05, 0.1) is 0 Å². The zero-order valence-electron chi connectivity index (χ0n) is 10.3. The minimum atomic E-state index is -0.579. The van der Waals surface area contributed by atoms with Crippen LogP contribution in [-0.2, 0) is 0 Å². The Bertz CT molecular complexity index is 609. The molecule has 2 aromatic rings. The van der Waals surface area contributed by atoms with E-state index in [1.807, 2.05) is 19.1 Å². The lowest BCUT2D eigenvalue weighted by Crippen LogP contribution is -2.13. The highest BCUT2D eigenvalue weighted by atomic mass is 19.1.